The van der Waals surface area contributed by atoms with Crippen molar-refractivity contribution in [3.63, 3.8) is 0 Å². The van der Waals surface area contributed by atoms with E-state index in [-0.39, 0.29) is 18.7 Å². The van der Waals surface area contributed by atoms with E-state index in [1.165, 1.54) is 6.07 Å². The van der Waals surface area contributed by atoms with Gasteiger partial charge in [0.15, 0.2) is 12.3 Å². The number of anilines is 1. The molecule has 2 heterocycles. The summed E-state index contributed by atoms with van der Waals surface area (Å²) in [6.45, 7) is 3.90. The number of phosphoric ester groups is 2. The van der Waals surface area contributed by atoms with Crippen LogP contribution in [0.25, 0.3) is 0 Å². The van der Waals surface area contributed by atoms with Gasteiger partial charge >= 0.3 is 33.3 Å². The molecule has 2 unspecified atom stereocenters. The van der Waals surface area contributed by atoms with Crippen molar-refractivity contribution in [1.29, 1.82) is 0 Å². The first-order valence-corrected chi connectivity index (χ1v) is 26.0. The normalized spacial score (nSPS) is 21.1. The van der Waals surface area contributed by atoms with Crippen molar-refractivity contribution in [2.75, 3.05) is 25.6 Å². The van der Waals surface area contributed by atoms with E-state index in [1.54, 1.807) is 42.5 Å². The molecule has 9 atom stereocenters. The van der Waals surface area contributed by atoms with Crippen molar-refractivity contribution in [1.82, 2.24) is 9.55 Å². The maximum atomic E-state index is 12.8. The number of nitrogens with zero attached hydrogens (tertiary/aromatic N) is 2. The van der Waals surface area contributed by atoms with Crippen LogP contribution in [-0.4, -0.2) is 108 Å². The summed E-state index contributed by atoms with van der Waals surface area (Å²) in [5.41, 5.74) is 4.55. The third-order valence-corrected chi connectivity index (χ3v) is 12.5. The van der Waals surface area contributed by atoms with E-state index in [0.29, 0.717) is 38.0 Å². The fourth-order valence-electron chi connectivity index (χ4n) is 6.29. The van der Waals surface area contributed by atoms with Gasteiger partial charge in [-0.2, -0.15) is 9.29 Å². The summed E-state index contributed by atoms with van der Waals surface area (Å²) in [4.78, 5) is 61.6. The molecule has 0 radical (unpaired) electrons. The molecule has 2 rings (SSSR count). The minimum absolute atomic E-state index is 0.000593. The summed E-state index contributed by atoms with van der Waals surface area (Å²) in [6.07, 6.45) is 22.7. The Morgan fingerprint density at radius 2 is 1.50 bits per heavy atom. The summed E-state index contributed by atoms with van der Waals surface area (Å²) in [5, 5.41) is 40.9. The molecule has 68 heavy (non-hydrogen) atoms. The second-order valence-corrected chi connectivity index (χ2v) is 19.4. The predicted molar refractivity (Wildman–Crippen MR) is 254 cm³/mol. The van der Waals surface area contributed by atoms with Crippen LogP contribution >= 0.6 is 15.6 Å². The number of aliphatic hydroxyl groups excluding tert-OH is 4. The first kappa shape index (κ1) is 60.2. The number of aliphatic hydroxyl groups is 4. The number of carbonyl (C=O) groups is 2. The van der Waals surface area contributed by atoms with Crippen LogP contribution in [0.5, 0.6) is 0 Å². The van der Waals surface area contributed by atoms with Crippen molar-refractivity contribution in [2.45, 2.75) is 154 Å². The van der Waals surface area contributed by atoms with Crippen LogP contribution in [0.2, 0.25) is 0 Å². The van der Waals surface area contributed by atoms with Crippen molar-refractivity contribution in [3.05, 3.63) is 95.7 Å². The van der Waals surface area contributed by atoms with Gasteiger partial charge in [-0.25, -0.2) is 13.9 Å². The first-order valence-electron chi connectivity index (χ1n) is 23.0. The predicted octanol–water partition coefficient (Wildman–Crippen LogP) is 6.35. The second kappa shape index (κ2) is 33.6. The molecule has 0 aromatic carbocycles. The lowest BCUT2D eigenvalue weighted by Gasteiger charge is -2.21. The fraction of sp³-hybridized carbons (Fsp3) is 0.609. The maximum absolute atomic E-state index is 12.8. The Bertz CT molecular complexity index is 1970. The van der Waals surface area contributed by atoms with Crippen LogP contribution in [0, 0.1) is 5.92 Å². The van der Waals surface area contributed by atoms with Crippen LogP contribution in [0.3, 0.4) is 0 Å². The highest BCUT2D eigenvalue weighted by molar-refractivity contribution is 7.61. The molecule has 1 saturated heterocycles. The molecule has 384 valence electrons. The van der Waals surface area contributed by atoms with E-state index in [4.69, 9.17) is 29.0 Å². The van der Waals surface area contributed by atoms with Crippen molar-refractivity contribution < 1.29 is 76.5 Å². The molecule has 0 amide bonds. The SMILES string of the molecule is CC/C=C\C[C@@H](O)/C=C/C=C\C/C=C\C=C\[C@@H](O)/C=C\CCCC(=O)OC[C@H](COP(=O)(O)OP(=O)(O)OC[C@H]1O[C@@H](n2ccc(N)nc2=O)[C@H](O)[C@@H]1O)OC(=O)CCCCCCCCC(C)C. The number of carbonyl (C=O) groups excluding carboxylic acids is 2. The van der Waals surface area contributed by atoms with Crippen LogP contribution in [0.15, 0.2) is 90.0 Å². The first-order chi connectivity index (χ1) is 32.3. The summed E-state index contributed by atoms with van der Waals surface area (Å²) in [5.74, 6) is -0.869. The molecular formula is C46H73N3O17P2. The van der Waals surface area contributed by atoms with Gasteiger partial charge in [0.05, 0.1) is 25.4 Å². The maximum Gasteiger partial charge on any atom is 0.481 e. The number of nitrogens with two attached hydrogens (primary N) is 1. The number of aromatic nitrogens is 2. The zero-order chi connectivity index (χ0) is 50.4. The lowest BCUT2D eigenvalue weighted by molar-refractivity contribution is -0.161. The number of unbranched alkanes of at least 4 members (excludes halogenated alkanes) is 6. The Morgan fingerprint density at radius 3 is 2.19 bits per heavy atom. The highest BCUT2D eigenvalue weighted by atomic mass is 31.3. The zero-order valence-corrected chi connectivity index (χ0v) is 41.1. The smallest absolute Gasteiger partial charge is 0.462 e. The molecule has 1 aliphatic rings. The molecule has 0 aliphatic carbocycles. The van der Waals surface area contributed by atoms with Crippen molar-refractivity contribution in [2.24, 2.45) is 5.92 Å². The van der Waals surface area contributed by atoms with Gasteiger partial charge in [-0.15, -0.1) is 0 Å². The molecule has 8 N–H and O–H groups in total. The largest absolute Gasteiger partial charge is 0.481 e. The molecule has 20 nitrogen and oxygen atoms in total. The summed E-state index contributed by atoms with van der Waals surface area (Å²) in [7, 11) is -10.9. The van der Waals surface area contributed by atoms with Crippen LogP contribution in [0.1, 0.15) is 117 Å². The highest BCUT2D eigenvalue weighted by Crippen LogP contribution is 2.60. The monoisotopic (exact) mass is 1000 g/mol. The molecule has 1 aromatic rings. The lowest BCUT2D eigenvalue weighted by Crippen LogP contribution is -2.36. The topological polar surface area (TPSA) is 306 Å². The number of hydrogen-bond acceptors (Lipinski definition) is 17. The fourth-order valence-corrected chi connectivity index (χ4v) is 8.41. The number of hydrogen-bond donors (Lipinski definition) is 7. The molecule has 22 heteroatoms. The van der Waals surface area contributed by atoms with Gasteiger partial charge in [0.1, 0.15) is 30.7 Å². The van der Waals surface area contributed by atoms with E-state index in [2.05, 4.69) is 23.1 Å². The number of nitrogen functional groups attached to an aromatic ring is 1. The lowest BCUT2D eigenvalue weighted by atomic mass is 10.0. The third-order valence-electron chi connectivity index (χ3n) is 9.91. The molecule has 1 aromatic heterocycles. The van der Waals surface area contributed by atoms with E-state index in [0.717, 1.165) is 55.7 Å². The summed E-state index contributed by atoms with van der Waals surface area (Å²) < 4.78 is 56.3. The Hall–Kier alpha value is -3.88. The van der Waals surface area contributed by atoms with Crippen molar-refractivity contribution >= 4 is 33.4 Å². The van der Waals surface area contributed by atoms with E-state index < -0.39 is 95.9 Å². The Morgan fingerprint density at radius 1 is 0.838 bits per heavy atom. The third kappa shape index (κ3) is 27.3. The average Bonchev–Trinajstić information content (AvgIpc) is 3.55. The van der Waals surface area contributed by atoms with E-state index >= 15 is 0 Å². The number of phosphoric acid groups is 2. The molecular weight excluding hydrogens is 928 g/mol. The highest BCUT2D eigenvalue weighted by Gasteiger charge is 2.46. The molecule has 0 saturated carbocycles. The van der Waals surface area contributed by atoms with Gasteiger partial charge in [0.25, 0.3) is 0 Å². The van der Waals surface area contributed by atoms with Gasteiger partial charge in [0.2, 0.25) is 0 Å². The number of rotatable bonds is 35. The zero-order valence-electron chi connectivity index (χ0n) is 39.3. The molecule has 0 spiro atoms. The van der Waals surface area contributed by atoms with Gasteiger partial charge in [-0.3, -0.25) is 23.2 Å². The summed E-state index contributed by atoms with van der Waals surface area (Å²) >= 11 is 0. The molecule has 1 fully saturated rings. The minimum Gasteiger partial charge on any atom is -0.462 e. The van der Waals surface area contributed by atoms with E-state index in [1.807, 2.05) is 37.3 Å². The second-order valence-electron chi connectivity index (χ2n) is 16.4. The van der Waals surface area contributed by atoms with Crippen LogP contribution in [0.4, 0.5) is 5.82 Å². The molecule has 0 bridgehead atoms. The standard InChI is InChI=1S/C46H73N3O17P2/c1-4-5-16-24-36(50)25-18-12-7-6-8-13-19-26-37(51)27-20-15-22-28-41(52)61-32-38(64-42(53)29-21-14-10-9-11-17-23-35(2)3)33-62-67(57,58)66-68(59,60)63-34-39-43(54)44(55)45(65-39)49-31-30-40(47)48-46(49)56/h5,7-8,12-13,16,18-20,25-27,30-31,35-39,43-45,50-51,54-55H,4,6,9-11,14-15,17,21-24,28-29,32-34H2,1-3H3,(H,57,58)(H,59,60)(H2,47,48,56)/b12-7-,13-8-,16-5-,25-18+,26-19+,27-20-/t36-,37-,38-,39-,43-,44-,45-/m1/s1. The van der Waals surface area contributed by atoms with Gasteiger partial charge in [0, 0.05) is 19.0 Å². The number of ether oxygens (including phenoxy) is 3. The van der Waals surface area contributed by atoms with Crippen LogP contribution < -0.4 is 11.4 Å². The Balaban J connectivity index is 1.87. The average molecular weight is 1000 g/mol. The van der Waals surface area contributed by atoms with Crippen molar-refractivity contribution in [3.8, 4) is 0 Å². The Labute approximate surface area is 399 Å². The number of esters is 2. The quantitative estimate of drug-likeness (QED) is 0.0128. The summed E-state index contributed by atoms with van der Waals surface area (Å²) in [6, 6.07) is 1.23. The Kier molecular flexibility index (Phi) is 29.8. The number of allylic oxidation sites excluding steroid dienone is 8. The minimum atomic E-state index is -5.46. The van der Waals surface area contributed by atoms with E-state index in [9.17, 15) is 53.7 Å². The van der Waals surface area contributed by atoms with Gasteiger partial charge in [-0.1, -0.05) is 132 Å². The van der Waals surface area contributed by atoms with Crippen LogP contribution in [-0.2, 0) is 46.3 Å². The molecule has 1 aliphatic heterocycles. The van der Waals surface area contributed by atoms with Gasteiger partial charge in [-0.05, 0) is 50.5 Å². The van der Waals surface area contributed by atoms with Gasteiger partial charge < -0.3 is 50.2 Å².